The number of aromatic amines is 1. The highest BCUT2D eigenvalue weighted by atomic mass is 16.5. The Morgan fingerprint density at radius 3 is 2.96 bits per heavy atom. The van der Waals surface area contributed by atoms with Crippen LogP contribution in [0.15, 0.2) is 18.2 Å². The summed E-state index contributed by atoms with van der Waals surface area (Å²) in [4.78, 5) is 19.2. The molecule has 25 heavy (non-hydrogen) atoms. The number of para-hydroxylation sites is 1. The van der Waals surface area contributed by atoms with Crippen LogP contribution in [0.1, 0.15) is 53.4 Å². The summed E-state index contributed by atoms with van der Waals surface area (Å²) in [6.45, 7) is 7.46. The molecule has 7 nitrogen and oxygen atoms in total. The van der Waals surface area contributed by atoms with Crippen LogP contribution in [0.5, 0.6) is 5.75 Å². The zero-order valence-corrected chi connectivity index (χ0v) is 14.7. The van der Waals surface area contributed by atoms with Gasteiger partial charge in [-0.05, 0) is 19.9 Å². The molecular weight excluding hydrogens is 320 g/mol. The number of amides is 1. The molecule has 0 radical (unpaired) electrons. The predicted molar refractivity (Wildman–Crippen MR) is 90.7 cm³/mol. The van der Waals surface area contributed by atoms with Crippen molar-refractivity contribution < 1.29 is 14.3 Å². The molecule has 4 rings (SSSR count). The molecule has 1 aromatic carbocycles. The van der Waals surface area contributed by atoms with Gasteiger partial charge in [-0.3, -0.25) is 9.89 Å². The van der Waals surface area contributed by atoms with Gasteiger partial charge in [0.25, 0.3) is 5.91 Å². The van der Waals surface area contributed by atoms with Gasteiger partial charge < -0.3 is 14.4 Å². The van der Waals surface area contributed by atoms with Crippen molar-refractivity contribution in [2.75, 3.05) is 19.7 Å². The standard InChI is InChI=1S/C18H22N4O3/c1-10-11(2)25-16-13(10)5-4-6-14(16)18(23)22-7-8-24-15(9-22)17-19-12(3)20-21-17/h4-6,10-11,15H,7-9H2,1-3H3,(H,19,20,21). The minimum atomic E-state index is -0.307. The molecule has 1 fully saturated rings. The zero-order chi connectivity index (χ0) is 17.6. The molecular formula is C18H22N4O3. The largest absolute Gasteiger partial charge is 0.489 e. The molecule has 3 unspecified atom stereocenters. The Kier molecular flexibility index (Phi) is 3.95. The van der Waals surface area contributed by atoms with E-state index in [1.165, 1.54) is 0 Å². The number of morpholine rings is 1. The number of H-pyrrole nitrogens is 1. The Balaban J connectivity index is 1.58. The second-order valence-corrected chi connectivity index (χ2v) is 6.73. The maximum atomic E-state index is 13.1. The van der Waals surface area contributed by atoms with E-state index in [1.54, 1.807) is 4.90 Å². The quantitative estimate of drug-likeness (QED) is 0.905. The number of carbonyl (C=O) groups excluding carboxylic acids is 1. The van der Waals surface area contributed by atoms with Crippen LogP contribution in [0.25, 0.3) is 0 Å². The number of aryl methyl sites for hydroxylation is 1. The number of hydrogen-bond acceptors (Lipinski definition) is 5. The van der Waals surface area contributed by atoms with E-state index >= 15 is 0 Å². The van der Waals surface area contributed by atoms with Crippen LogP contribution in [0.4, 0.5) is 0 Å². The fourth-order valence-corrected chi connectivity index (χ4v) is 3.42. The molecule has 2 aliphatic rings. The van der Waals surface area contributed by atoms with Gasteiger partial charge in [0.15, 0.2) is 5.82 Å². The molecule has 2 aromatic rings. The summed E-state index contributed by atoms with van der Waals surface area (Å²) in [6, 6.07) is 5.81. The Morgan fingerprint density at radius 2 is 2.20 bits per heavy atom. The third kappa shape index (κ3) is 2.78. The molecule has 2 aliphatic heterocycles. The summed E-state index contributed by atoms with van der Waals surface area (Å²) in [5, 5.41) is 6.98. The zero-order valence-electron chi connectivity index (χ0n) is 14.7. The number of nitrogens with one attached hydrogen (secondary N) is 1. The van der Waals surface area contributed by atoms with Crippen molar-refractivity contribution in [2.24, 2.45) is 0 Å². The van der Waals surface area contributed by atoms with Crippen LogP contribution in [0, 0.1) is 6.92 Å². The Hall–Kier alpha value is -2.41. The molecule has 3 atom stereocenters. The van der Waals surface area contributed by atoms with Gasteiger partial charge in [0.2, 0.25) is 0 Å². The number of carbonyl (C=O) groups is 1. The first kappa shape index (κ1) is 16.1. The molecule has 0 aliphatic carbocycles. The van der Waals surface area contributed by atoms with Crippen LogP contribution in [0.3, 0.4) is 0 Å². The average Bonchev–Trinajstić information content (AvgIpc) is 3.18. The average molecular weight is 342 g/mol. The lowest BCUT2D eigenvalue weighted by atomic mass is 9.96. The number of aromatic nitrogens is 3. The maximum Gasteiger partial charge on any atom is 0.257 e. The molecule has 7 heteroatoms. The Labute approximate surface area is 146 Å². The summed E-state index contributed by atoms with van der Waals surface area (Å²) in [5.41, 5.74) is 1.73. The molecule has 0 bridgehead atoms. The van der Waals surface area contributed by atoms with E-state index in [0.717, 1.165) is 17.1 Å². The van der Waals surface area contributed by atoms with Gasteiger partial charge in [0.05, 0.1) is 18.7 Å². The summed E-state index contributed by atoms with van der Waals surface area (Å²) in [5.74, 6) is 2.31. The molecule has 1 amide bonds. The van der Waals surface area contributed by atoms with E-state index in [-0.39, 0.29) is 24.0 Å². The first-order valence-electron chi connectivity index (χ1n) is 8.64. The summed E-state index contributed by atoms with van der Waals surface area (Å²) >= 11 is 0. The summed E-state index contributed by atoms with van der Waals surface area (Å²) < 4.78 is 11.7. The van der Waals surface area contributed by atoms with Crippen molar-refractivity contribution in [3.05, 3.63) is 41.0 Å². The molecule has 0 saturated carbocycles. The van der Waals surface area contributed by atoms with E-state index in [2.05, 4.69) is 22.1 Å². The second kappa shape index (κ2) is 6.15. The van der Waals surface area contributed by atoms with E-state index < -0.39 is 0 Å². The van der Waals surface area contributed by atoms with Crippen LogP contribution in [-0.2, 0) is 4.74 Å². The van der Waals surface area contributed by atoms with E-state index in [1.807, 2.05) is 32.0 Å². The van der Waals surface area contributed by atoms with Gasteiger partial charge >= 0.3 is 0 Å². The van der Waals surface area contributed by atoms with Gasteiger partial charge in [-0.15, -0.1) is 0 Å². The van der Waals surface area contributed by atoms with E-state index in [9.17, 15) is 4.79 Å². The minimum Gasteiger partial charge on any atom is -0.489 e. The normalized spacial score (nSPS) is 25.6. The maximum absolute atomic E-state index is 13.1. The van der Waals surface area contributed by atoms with Gasteiger partial charge in [-0.1, -0.05) is 19.1 Å². The first-order chi connectivity index (χ1) is 12.0. The lowest BCUT2D eigenvalue weighted by Gasteiger charge is -2.32. The van der Waals surface area contributed by atoms with Crippen molar-refractivity contribution in [3.8, 4) is 5.75 Å². The SMILES string of the molecule is Cc1nc(C2CN(C(=O)c3cccc4c3OC(C)C4C)CCO2)n[nH]1. The molecule has 0 spiro atoms. The predicted octanol–water partition coefficient (Wildman–Crippen LogP) is 2.21. The van der Waals surface area contributed by atoms with Crippen LogP contribution in [-0.4, -0.2) is 51.8 Å². The van der Waals surface area contributed by atoms with Crippen LogP contribution in [0.2, 0.25) is 0 Å². The second-order valence-electron chi connectivity index (χ2n) is 6.73. The van der Waals surface area contributed by atoms with Gasteiger partial charge in [-0.25, -0.2) is 4.98 Å². The first-order valence-corrected chi connectivity index (χ1v) is 8.64. The van der Waals surface area contributed by atoms with Crippen LogP contribution < -0.4 is 4.74 Å². The topological polar surface area (TPSA) is 80.3 Å². The smallest absolute Gasteiger partial charge is 0.257 e. The van der Waals surface area contributed by atoms with Crippen molar-refractivity contribution in [2.45, 2.75) is 38.9 Å². The Morgan fingerprint density at radius 1 is 1.36 bits per heavy atom. The monoisotopic (exact) mass is 342 g/mol. The molecule has 132 valence electrons. The molecule has 1 aromatic heterocycles. The number of ether oxygens (including phenoxy) is 2. The number of hydrogen-bond donors (Lipinski definition) is 1. The minimum absolute atomic E-state index is 0.0290. The third-order valence-corrected chi connectivity index (χ3v) is 5.03. The fraction of sp³-hybridized carbons (Fsp3) is 0.500. The fourth-order valence-electron chi connectivity index (χ4n) is 3.42. The van der Waals surface area contributed by atoms with Crippen molar-refractivity contribution >= 4 is 5.91 Å². The highest BCUT2D eigenvalue weighted by Crippen LogP contribution is 2.40. The van der Waals surface area contributed by atoms with E-state index in [4.69, 9.17) is 9.47 Å². The number of fused-ring (bicyclic) bond motifs is 1. The molecule has 1 saturated heterocycles. The molecule has 1 N–H and O–H groups in total. The van der Waals surface area contributed by atoms with Crippen molar-refractivity contribution in [1.29, 1.82) is 0 Å². The molecule has 3 heterocycles. The van der Waals surface area contributed by atoms with Gasteiger partial charge in [0.1, 0.15) is 23.8 Å². The number of rotatable bonds is 2. The lowest BCUT2D eigenvalue weighted by molar-refractivity contribution is -0.0267. The summed E-state index contributed by atoms with van der Waals surface area (Å²) in [6.07, 6.45) is -0.226. The Bertz CT molecular complexity index is 803. The highest BCUT2D eigenvalue weighted by Gasteiger charge is 2.34. The highest BCUT2D eigenvalue weighted by molar-refractivity contribution is 5.97. The van der Waals surface area contributed by atoms with Crippen molar-refractivity contribution in [3.63, 3.8) is 0 Å². The van der Waals surface area contributed by atoms with Gasteiger partial charge in [0, 0.05) is 18.0 Å². The van der Waals surface area contributed by atoms with Crippen molar-refractivity contribution in [1.82, 2.24) is 20.1 Å². The summed E-state index contributed by atoms with van der Waals surface area (Å²) in [7, 11) is 0. The van der Waals surface area contributed by atoms with Gasteiger partial charge in [-0.2, -0.15) is 5.10 Å². The third-order valence-electron chi connectivity index (χ3n) is 5.03. The number of benzene rings is 1. The number of nitrogens with zero attached hydrogens (tertiary/aromatic N) is 3. The van der Waals surface area contributed by atoms with E-state index in [0.29, 0.717) is 31.1 Å². The van der Waals surface area contributed by atoms with Crippen LogP contribution >= 0.6 is 0 Å². The lowest BCUT2D eigenvalue weighted by Crippen LogP contribution is -2.42.